The number of rotatable bonds is 54. The van der Waals surface area contributed by atoms with Crippen molar-refractivity contribution in [2.75, 3.05) is 26.4 Å². The summed E-state index contributed by atoms with van der Waals surface area (Å²) in [5, 5.41) is 0. The summed E-state index contributed by atoms with van der Waals surface area (Å²) < 4.78 is 108. The van der Waals surface area contributed by atoms with Crippen LogP contribution in [0.3, 0.4) is 0 Å². The molecule has 0 atom stereocenters. The first-order valence-corrected chi connectivity index (χ1v) is 34.5. The SMILES string of the molecule is CCCCCCCCC=CCCCCCCCCOC(=O)CC(C)=O.CCCCCCCCCCCCOS(=O)(=O)[O-].CCCCCCCCCCCCOS(=O)(=O)[O-].CCCCCCCCCCCCOS(=O)(=O)[O-].[Al+3]. The van der Waals surface area contributed by atoms with Crippen LogP contribution in [0, 0.1) is 0 Å². The Labute approximate surface area is 485 Å². The van der Waals surface area contributed by atoms with Crippen LogP contribution in [0.2, 0.25) is 0 Å². The molecule has 0 aromatic heterocycles. The van der Waals surface area contributed by atoms with Crippen LogP contribution >= 0.6 is 0 Å². The van der Waals surface area contributed by atoms with Gasteiger partial charge in [-0.05, 0) is 58.3 Å². The summed E-state index contributed by atoms with van der Waals surface area (Å²) in [6.45, 7) is 10.8. The molecule has 458 valence electrons. The van der Waals surface area contributed by atoms with E-state index in [-0.39, 0.29) is 55.4 Å². The van der Waals surface area contributed by atoms with Gasteiger partial charge in [-0.2, -0.15) is 0 Å². The Balaban J connectivity index is -0.000000303. The van der Waals surface area contributed by atoms with Crippen LogP contribution in [-0.4, -0.2) is 94.5 Å². The van der Waals surface area contributed by atoms with E-state index in [2.05, 4.69) is 52.4 Å². The van der Waals surface area contributed by atoms with E-state index in [4.69, 9.17) is 4.74 Å². The van der Waals surface area contributed by atoms with Crippen LogP contribution in [-0.2, 0) is 58.1 Å². The van der Waals surface area contributed by atoms with Gasteiger partial charge >= 0.3 is 23.3 Å². The molecule has 15 nitrogen and oxygen atoms in total. The minimum absolute atomic E-state index is 0. The number of hydrogen-bond acceptors (Lipinski definition) is 15. The number of hydrogen-bond donors (Lipinski definition) is 0. The maximum absolute atomic E-state index is 11.2. The molecule has 0 aliphatic rings. The fraction of sp³-hybridized carbons (Fsp3) is 0.931. The van der Waals surface area contributed by atoms with Crippen molar-refractivity contribution in [3.8, 4) is 0 Å². The van der Waals surface area contributed by atoms with E-state index in [1.54, 1.807) is 0 Å². The summed E-state index contributed by atoms with van der Waals surface area (Å²) in [6, 6.07) is 0. The zero-order chi connectivity index (χ0) is 57.5. The number of unbranched alkanes of at least 4 members (excludes halogenated alkanes) is 39. The molecular weight excluding hydrogens is 1060 g/mol. The molecule has 0 spiro atoms. The molecule has 0 aliphatic heterocycles. The van der Waals surface area contributed by atoms with Crippen molar-refractivity contribution >= 4 is 60.3 Å². The Morgan fingerprint density at radius 2 is 0.519 bits per heavy atom. The number of ketones is 1. The van der Waals surface area contributed by atoms with E-state index >= 15 is 0 Å². The Kier molecular flexibility index (Phi) is 74.4. The number of carbonyl (C=O) groups excluding carboxylic acids is 2. The molecule has 0 aliphatic carbocycles. The summed E-state index contributed by atoms with van der Waals surface area (Å²) in [4.78, 5) is 21.9. The molecule has 0 saturated heterocycles. The predicted octanol–water partition coefficient (Wildman–Crippen LogP) is 16.3. The molecule has 0 radical (unpaired) electrons. The third-order valence-electron chi connectivity index (χ3n) is 12.5. The van der Waals surface area contributed by atoms with Gasteiger partial charge in [0.1, 0.15) is 12.2 Å². The second kappa shape index (κ2) is 67.5. The molecule has 0 saturated carbocycles. The molecule has 0 aromatic carbocycles. The summed E-state index contributed by atoms with van der Waals surface area (Å²) in [7, 11) is -13.5. The first-order chi connectivity index (χ1) is 36.3. The van der Waals surface area contributed by atoms with E-state index in [0.29, 0.717) is 25.9 Å². The monoisotopic (exact) mass is 1170 g/mol. The van der Waals surface area contributed by atoms with Gasteiger partial charge in [-0.25, -0.2) is 25.3 Å². The number of allylic oxidation sites excluding steroid dienone is 2. The van der Waals surface area contributed by atoms with Crippen molar-refractivity contribution in [1.29, 1.82) is 0 Å². The predicted molar refractivity (Wildman–Crippen MR) is 314 cm³/mol. The molecule has 0 amide bonds. The third-order valence-corrected chi connectivity index (χ3v) is 13.9. The molecule has 19 heteroatoms. The maximum Gasteiger partial charge on any atom is 3.00 e. The summed E-state index contributed by atoms with van der Waals surface area (Å²) >= 11 is 0. The minimum atomic E-state index is -4.48. The fourth-order valence-electron chi connectivity index (χ4n) is 8.04. The molecule has 0 unspecified atom stereocenters. The Bertz CT molecular complexity index is 1440. The van der Waals surface area contributed by atoms with Crippen LogP contribution in [0.5, 0.6) is 0 Å². The van der Waals surface area contributed by atoms with Crippen LogP contribution in [0.25, 0.3) is 0 Å². The number of ether oxygens (including phenoxy) is 1. The molecule has 0 rings (SSSR count). The van der Waals surface area contributed by atoms with E-state index in [0.717, 1.165) is 51.4 Å². The molecule has 0 N–H and O–H groups in total. The third kappa shape index (κ3) is 97.6. The molecule has 0 heterocycles. The summed E-state index contributed by atoms with van der Waals surface area (Å²) in [5.74, 6) is -0.522. The van der Waals surface area contributed by atoms with Crippen LogP contribution in [0.4, 0.5) is 0 Å². The van der Waals surface area contributed by atoms with E-state index in [9.17, 15) is 48.5 Å². The first kappa shape index (κ1) is 84.8. The number of carbonyl (C=O) groups is 2. The summed E-state index contributed by atoms with van der Waals surface area (Å²) in [6.07, 6.45) is 57.4. The van der Waals surface area contributed by atoms with Gasteiger partial charge in [0.05, 0.1) is 26.4 Å². The maximum atomic E-state index is 11.2. The van der Waals surface area contributed by atoms with Crippen molar-refractivity contribution in [2.45, 2.75) is 324 Å². The zero-order valence-electron chi connectivity index (χ0n) is 49.7. The van der Waals surface area contributed by atoms with Gasteiger partial charge in [0.25, 0.3) is 0 Å². The molecule has 77 heavy (non-hydrogen) atoms. The number of Topliss-reactive ketones (excluding diaryl/α,β-unsaturated/α-hetero) is 1. The van der Waals surface area contributed by atoms with Gasteiger partial charge in [-0.1, -0.05) is 271 Å². The average Bonchev–Trinajstić information content (AvgIpc) is 3.34. The molecular formula is C58H115AlO15S3. The van der Waals surface area contributed by atoms with Gasteiger partial charge in [0.2, 0.25) is 31.2 Å². The van der Waals surface area contributed by atoms with Crippen molar-refractivity contribution in [3.63, 3.8) is 0 Å². The molecule has 0 aromatic rings. The Morgan fingerprint density at radius 1 is 0.325 bits per heavy atom. The molecule has 0 fully saturated rings. The average molecular weight is 1180 g/mol. The van der Waals surface area contributed by atoms with Crippen LogP contribution < -0.4 is 0 Å². The second-order valence-electron chi connectivity index (χ2n) is 20.3. The van der Waals surface area contributed by atoms with E-state index in [1.165, 1.54) is 219 Å². The normalized spacial score (nSPS) is 11.5. The van der Waals surface area contributed by atoms with Crippen molar-refractivity contribution < 1.29 is 65.8 Å². The first-order valence-electron chi connectivity index (χ1n) is 30.5. The zero-order valence-corrected chi connectivity index (χ0v) is 53.3. The van der Waals surface area contributed by atoms with Crippen LogP contribution in [0.15, 0.2) is 12.2 Å². The Morgan fingerprint density at radius 3 is 0.727 bits per heavy atom. The van der Waals surface area contributed by atoms with Gasteiger partial charge < -0.3 is 18.4 Å². The van der Waals surface area contributed by atoms with Crippen molar-refractivity contribution in [3.05, 3.63) is 12.2 Å². The van der Waals surface area contributed by atoms with Gasteiger partial charge in [-0.15, -0.1) is 0 Å². The van der Waals surface area contributed by atoms with Gasteiger partial charge in [0.15, 0.2) is 0 Å². The quantitative estimate of drug-likeness (QED) is 0.0105. The summed E-state index contributed by atoms with van der Waals surface area (Å²) in [5.41, 5.74) is 0. The topological polar surface area (TPSA) is 243 Å². The minimum Gasteiger partial charge on any atom is -0.726 e. The van der Waals surface area contributed by atoms with E-state index in [1.807, 2.05) is 0 Å². The smallest absolute Gasteiger partial charge is 0.726 e. The van der Waals surface area contributed by atoms with Gasteiger partial charge in [-0.3, -0.25) is 22.1 Å². The molecule has 0 bridgehead atoms. The number of esters is 1. The van der Waals surface area contributed by atoms with E-state index < -0.39 is 31.2 Å². The Hall–Kier alpha value is -0.978. The second-order valence-corrected chi connectivity index (χ2v) is 23.4. The fourth-order valence-corrected chi connectivity index (χ4v) is 9.01. The van der Waals surface area contributed by atoms with Gasteiger partial charge in [0, 0.05) is 0 Å². The van der Waals surface area contributed by atoms with Crippen LogP contribution in [0.1, 0.15) is 324 Å². The van der Waals surface area contributed by atoms with Crippen molar-refractivity contribution in [2.24, 2.45) is 0 Å². The largest absolute Gasteiger partial charge is 3.00 e. The van der Waals surface area contributed by atoms with Crippen molar-refractivity contribution in [1.82, 2.24) is 0 Å². The standard InChI is InChI=1S/C22H40O3.3C12H26O4S.Al/c1-3-4-5-6-7-8-9-10-11-12-13-14-15-16-17-18-19-25-22(24)20-21(2)23;3*1-2-3-4-5-6-7-8-9-10-11-12-16-17(13,14)15;/h10-11H,3-9,12-20H2,1-2H3;3*2-12H2,1H3,(H,13,14,15);/q;;;;+3/p-3.